The normalized spacial score (nSPS) is 17.1. The van der Waals surface area contributed by atoms with Crippen LogP contribution in [0.4, 0.5) is 4.79 Å². The molecule has 1 saturated heterocycles. The van der Waals surface area contributed by atoms with Gasteiger partial charge in [0.25, 0.3) is 0 Å². The van der Waals surface area contributed by atoms with Crippen LogP contribution < -0.4 is 5.32 Å². The molecule has 1 aliphatic carbocycles. The van der Waals surface area contributed by atoms with Crippen LogP contribution in [0.25, 0.3) is 11.1 Å². The summed E-state index contributed by atoms with van der Waals surface area (Å²) in [6, 6.07) is 14.6. The van der Waals surface area contributed by atoms with Crippen molar-refractivity contribution in [2.45, 2.75) is 43.2 Å². The van der Waals surface area contributed by atoms with Gasteiger partial charge in [0, 0.05) is 19.0 Å². The number of nitrogens with one attached hydrogen (secondary N) is 1. The van der Waals surface area contributed by atoms with E-state index in [4.69, 9.17) is 4.74 Å². The molecular formula is C27H30N2O6. The van der Waals surface area contributed by atoms with Crippen molar-refractivity contribution < 1.29 is 29.3 Å². The Bertz CT molecular complexity index is 1080. The van der Waals surface area contributed by atoms with E-state index in [1.54, 1.807) is 6.08 Å². The fourth-order valence-corrected chi connectivity index (χ4v) is 4.99. The summed E-state index contributed by atoms with van der Waals surface area (Å²) < 4.78 is 5.49. The van der Waals surface area contributed by atoms with Crippen molar-refractivity contribution >= 4 is 18.0 Å². The summed E-state index contributed by atoms with van der Waals surface area (Å²) in [6.07, 6.45) is 1.38. The van der Waals surface area contributed by atoms with Crippen molar-refractivity contribution in [1.29, 1.82) is 0 Å². The monoisotopic (exact) mass is 478 g/mol. The van der Waals surface area contributed by atoms with Gasteiger partial charge in [0.2, 0.25) is 5.91 Å². The number of amides is 2. The van der Waals surface area contributed by atoms with Gasteiger partial charge in [-0.15, -0.1) is 6.58 Å². The Balaban J connectivity index is 1.39. The van der Waals surface area contributed by atoms with Crippen molar-refractivity contribution in [1.82, 2.24) is 10.2 Å². The fourth-order valence-electron chi connectivity index (χ4n) is 4.99. The largest absolute Gasteiger partial charge is 0.481 e. The van der Waals surface area contributed by atoms with E-state index < -0.39 is 36.0 Å². The number of aliphatic hydroxyl groups is 1. The molecule has 2 amide bonds. The van der Waals surface area contributed by atoms with Gasteiger partial charge in [0.05, 0.1) is 12.0 Å². The molecule has 8 nitrogen and oxygen atoms in total. The van der Waals surface area contributed by atoms with Gasteiger partial charge in [-0.05, 0) is 41.5 Å². The van der Waals surface area contributed by atoms with Gasteiger partial charge < -0.3 is 25.2 Å². The number of likely N-dealkylation sites (tertiary alicyclic amines) is 1. The van der Waals surface area contributed by atoms with E-state index >= 15 is 0 Å². The predicted molar refractivity (Wildman–Crippen MR) is 130 cm³/mol. The number of carbonyl (C=O) groups is 3. The SMILES string of the molecule is C=CCC1(O)CCN(C(=O)C(CC(=O)O)NC(=O)OCC2c3ccccc3-c3ccccc32)CC1. The maximum atomic E-state index is 13.0. The molecule has 3 N–H and O–H groups in total. The smallest absolute Gasteiger partial charge is 0.407 e. The number of carboxylic acids is 1. The zero-order chi connectivity index (χ0) is 25.0. The molecule has 0 bridgehead atoms. The highest BCUT2D eigenvalue weighted by molar-refractivity contribution is 5.89. The van der Waals surface area contributed by atoms with E-state index in [9.17, 15) is 24.6 Å². The summed E-state index contributed by atoms with van der Waals surface area (Å²) >= 11 is 0. The number of carboxylic acid groups (broad SMARTS) is 1. The van der Waals surface area contributed by atoms with Crippen molar-refractivity contribution in [2.75, 3.05) is 19.7 Å². The zero-order valence-corrected chi connectivity index (χ0v) is 19.5. The average molecular weight is 479 g/mol. The minimum Gasteiger partial charge on any atom is -0.481 e. The Morgan fingerprint density at radius 3 is 2.20 bits per heavy atom. The molecule has 0 saturated carbocycles. The summed E-state index contributed by atoms with van der Waals surface area (Å²) in [5.41, 5.74) is 3.39. The summed E-state index contributed by atoms with van der Waals surface area (Å²) in [7, 11) is 0. The maximum Gasteiger partial charge on any atom is 0.407 e. The van der Waals surface area contributed by atoms with Crippen molar-refractivity contribution in [3.63, 3.8) is 0 Å². The molecule has 0 aromatic heterocycles. The van der Waals surface area contributed by atoms with E-state index in [0.29, 0.717) is 19.3 Å². The quantitative estimate of drug-likeness (QED) is 0.502. The van der Waals surface area contributed by atoms with E-state index in [1.165, 1.54) is 4.90 Å². The molecule has 2 aromatic carbocycles. The van der Waals surface area contributed by atoms with Crippen LogP contribution in [0.1, 0.15) is 42.7 Å². The molecule has 0 spiro atoms. The highest BCUT2D eigenvalue weighted by Gasteiger charge is 2.36. The van der Waals surface area contributed by atoms with Crippen LogP contribution in [0, 0.1) is 0 Å². The van der Waals surface area contributed by atoms with Gasteiger partial charge in [0.15, 0.2) is 0 Å². The van der Waals surface area contributed by atoms with Crippen molar-refractivity contribution in [3.8, 4) is 11.1 Å². The van der Waals surface area contributed by atoms with E-state index in [1.807, 2.05) is 48.5 Å². The highest BCUT2D eigenvalue weighted by Crippen LogP contribution is 2.44. The highest BCUT2D eigenvalue weighted by atomic mass is 16.5. The van der Waals surface area contributed by atoms with E-state index in [-0.39, 0.29) is 25.6 Å². The van der Waals surface area contributed by atoms with Gasteiger partial charge in [-0.1, -0.05) is 54.6 Å². The number of carbonyl (C=O) groups excluding carboxylic acids is 2. The minimum absolute atomic E-state index is 0.0616. The molecular weight excluding hydrogens is 448 g/mol. The van der Waals surface area contributed by atoms with Crippen LogP contribution in [-0.4, -0.2) is 64.4 Å². The molecule has 1 aliphatic heterocycles. The Kier molecular flexibility index (Phi) is 7.21. The van der Waals surface area contributed by atoms with Crippen LogP contribution in [0.3, 0.4) is 0 Å². The standard InChI is InChI=1S/C27H30N2O6/c1-2-11-27(34)12-14-29(15-13-27)25(32)23(16-24(30)31)28-26(33)35-17-22-20-9-5-3-7-18(20)19-8-4-6-10-21(19)22/h2-10,22-23,34H,1,11-17H2,(H,28,33)(H,30,31). The average Bonchev–Trinajstić information content (AvgIpc) is 3.16. The molecule has 0 radical (unpaired) electrons. The molecule has 184 valence electrons. The molecule has 2 aromatic rings. The maximum absolute atomic E-state index is 13.0. The van der Waals surface area contributed by atoms with Crippen LogP contribution in [0.15, 0.2) is 61.2 Å². The first-order valence-electron chi connectivity index (χ1n) is 11.8. The Morgan fingerprint density at radius 1 is 1.09 bits per heavy atom. The third-order valence-electron chi connectivity index (χ3n) is 6.84. The fraction of sp³-hybridized carbons (Fsp3) is 0.370. The second kappa shape index (κ2) is 10.3. The van der Waals surface area contributed by atoms with Crippen molar-refractivity contribution in [2.24, 2.45) is 0 Å². The molecule has 2 aliphatic rings. The van der Waals surface area contributed by atoms with Crippen LogP contribution in [-0.2, 0) is 14.3 Å². The summed E-state index contributed by atoms with van der Waals surface area (Å²) in [5.74, 6) is -1.85. The van der Waals surface area contributed by atoms with Gasteiger partial charge in [0.1, 0.15) is 12.6 Å². The van der Waals surface area contributed by atoms with Gasteiger partial charge in [-0.25, -0.2) is 4.79 Å². The second-order valence-electron chi connectivity index (χ2n) is 9.16. The first-order valence-corrected chi connectivity index (χ1v) is 11.8. The first-order chi connectivity index (χ1) is 16.8. The molecule has 4 rings (SSSR count). The Labute approximate surface area is 204 Å². The van der Waals surface area contributed by atoms with Crippen molar-refractivity contribution in [3.05, 3.63) is 72.3 Å². The predicted octanol–water partition coefficient (Wildman–Crippen LogP) is 3.30. The third kappa shape index (κ3) is 5.38. The van der Waals surface area contributed by atoms with Crippen LogP contribution in [0.2, 0.25) is 0 Å². The number of hydrogen-bond donors (Lipinski definition) is 3. The van der Waals surface area contributed by atoms with E-state index in [0.717, 1.165) is 22.3 Å². The number of alkyl carbamates (subject to hydrolysis) is 1. The number of rotatable bonds is 8. The molecule has 35 heavy (non-hydrogen) atoms. The number of piperidine rings is 1. The number of hydrogen-bond acceptors (Lipinski definition) is 5. The minimum atomic E-state index is -1.26. The van der Waals surface area contributed by atoms with Gasteiger partial charge in [-0.2, -0.15) is 0 Å². The van der Waals surface area contributed by atoms with Crippen LogP contribution in [0.5, 0.6) is 0 Å². The summed E-state index contributed by atoms with van der Waals surface area (Å²) in [6.45, 7) is 4.25. The van der Waals surface area contributed by atoms with Crippen LogP contribution >= 0.6 is 0 Å². The molecule has 8 heteroatoms. The lowest BCUT2D eigenvalue weighted by Gasteiger charge is -2.38. The number of nitrogens with zero attached hydrogens (tertiary/aromatic N) is 1. The first kappa shape index (κ1) is 24.5. The van der Waals surface area contributed by atoms with Gasteiger partial charge in [-0.3, -0.25) is 9.59 Å². The summed E-state index contributed by atoms with van der Waals surface area (Å²) in [5, 5.41) is 22.3. The molecule has 1 heterocycles. The molecule has 1 atom stereocenters. The van der Waals surface area contributed by atoms with Gasteiger partial charge >= 0.3 is 12.1 Å². The third-order valence-corrected chi connectivity index (χ3v) is 6.84. The number of aliphatic carboxylic acids is 1. The topological polar surface area (TPSA) is 116 Å². The Hall–Kier alpha value is -3.65. The number of fused-ring (bicyclic) bond motifs is 3. The zero-order valence-electron chi connectivity index (χ0n) is 19.5. The van der Waals surface area contributed by atoms with E-state index in [2.05, 4.69) is 11.9 Å². The lowest BCUT2D eigenvalue weighted by atomic mass is 9.88. The second-order valence-corrected chi connectivity index (χ2v) is 9.16. The summed E-state index contributed by atoms with van der Waals surface area (Å²) in [4.78, 5) is 38.5. The number of benzene rings is 2. The lowest BCUT2D eigenvalue weighted by Crippen LogP contribution is -2.54. The number of ether oxygens (including phenoxy) is 1. The molecule has 1 fully saturated rings. The lowest BCUT2D eigenvalue weighted by molar-refractivity contribution is -0.144. The Morgan fingerprint density at radius 2 is 1.66 bits per heavy atom. The molecule has 1 unspecified atom stereocenters.